The number of carbonyl (C=O) groups excluding carboxylic acids is 6. The molecule has 4 rings (SSSR count). The summed E-state index contributed by atoms with van der Waals surface area (Å²) in [4.78, 5) is 80.8. The SMILES string of the molecule is C=CC(=O)O.C=CC(=O)OCC(COc1ccc(Sc2ccc(OCC(COC(=O)C=C)OC(=O)C=C)cc2)cc1)OC(=O)C=C.C=CC(=O)OCC(O)COc1ccc(Sc2ccc(OCC(O)COC(=O)C=C)cc2)cc1. The number of carboxylic acid groups (broad SMARTS) is 1. The summed E-state index contributed by atoms with van der Waals surface area (Å²) in [5.74, 6) is -2.59. The Balaban J connectivity index is 0.000000506. The van der Waals surface area contributed by atoms with Crippen molar-refractivity contribution in [2.45, 2.75) is 44.0 Å². The number of aliphatic carboxylic acids is 1. The van der Waals surface area contributed by atoms with Gasteiger partial charge in [-0.25, -0.2) is 33.6 Å². The number of hydrogen-bond acceptors (Lipinski definition) is 21. The summed E-state index contributed by atoms with van der Waals surface area (Å²) in [6, 6.07) is 29.1. The van der Waals surface area contributed by atoms with Gasteiger partial charge in [0.1, 0.15) is 88.1 Å². The van der Waals surface area contributed by atoms with Crippen molar-refractivity contribution in [1.82, 2.24) is 0 Å². The highest BCUT2D eigenvalue weighted by Gasteiger charge is 2.18. The van der Waals surface area contributed by atoms with Gasteiger partial charge in [0, 0.05) is 62.1 Å². The zero-order valence-electron chi connectivity index (χ0n) is 42.8. The predicted octanol–water partition coefficient (Wildman–Crippen LogP) is 7.28. The molecule has 0 spiro atoms. The van der Waals surface area contributed by atoms with Gasteiger partial charge >= 0.3 is 41.8 Å². The molecule has 4 atom stereocenters. The lowest BCUT2D eigenvalue weighted by Crippen LogP contribution is -2.30. The van der Waals surface area contributed by atoms with Crippen LogP contribution in [0.3, 0.4) is 0 Å². The zero-order chi connectivity index (χ0) is 58.4. The molecule has 0 saturated heterocycles. The predicted molar refractivity (Wildman–Crippen MR) is 291 cm³/mol. The fourth-order valence-electron chi connectivity index (χ4n) is 5.15. The van der Waals surface area contributed by atoms with E-state index in [-0.39, 0.29) is 52.9 Å². The van der Waals surface area contributed by atoms with Crippen molar-refractivity contribution >= 4 is 65.3 Å². The number of rotatable bonds is 33. The maximum atomic E-state index is 11.6. The number of aliphatic hydroxyl groups is 2. The van der Waals surface area contributed by atoms with E-state index in [1.54, 1.807) is 48.5 Å². The zero-order valence-corrected chi connectivity index (χ0v) is 44.4. The molecule has 4 unspecified atom stereocenters. The van der Waals surface area contributed by atoms with Gasteiger partial charge in [-0.2, -0.15) is 0 Å². The van der Waals surface area contributed by atoms with Crippen LogP contribution >= 0.6 is 23.5 Å². The van der Waals surface area contributed by atoms with Crippen molar-refractivity contribution < 1.29 is 96.2 Å². The van der Waals surface area contributed by atoms with E-state index in [1.807, 2.05) is 48.5 Å². The molecule has 4 aromatic rings. The molecule has 0 radical (unpaired) electrons. The van der Waals surface area contributed by atoms with E-state index in [9.17, 15) is 43.8 Å². The van der Waals surface area contributed by atoms with Crippen LogP contribution in [0.15, 0.2) is 205 Å². The molecule has 79 heavy (non-hydrogen) atoms. The molecule has 0 fully saturated rings. The Morgan fingerprint density at radius 1 is 0.354 bits per heavy atom. The molecule has 0 aromatic heterocycles. The number of aliphatic hydroxyl groups excluding tert-OH is 2. The van der Waals surface area contributed by atoms with Crippen molar-refractivity contribution in [3.63, 3.8) is 0 Å². The quantitative estimate of drug-likeness (QED) is 0.0240. The molecule has 20 nitrogen and oxygen atoms in total. The molecule has 420 valence electrons. The lowest BCUT2D eigenvalue weighted by atomic mass is 10.3. The van der Waals surface area contributed by atoms with Crippen molar-refractivity contribution in [3.05, 3.63) is 186 Å². The minimum Gasteiger partial charge on any atom is -0.491 e. The van der Waals surface area contributed by atoms with Gasteiger partial charge in [-0.15, -0.1) is 0 Å². The van der Waals surface area contributed by atoms with E-state index in [0.717, 1.165) is 62.1 Å². The van der Waals surface area contributed by atoms with Gasteiger partial charge in [-0.1, -0.05) is 69.6 Å². The van der Waals surface area contributed by atoms with Crippen LogP contribution in [0.25, 0.3) is 0 Å². The minimum absolute atomic E-state index is 0.0102. The molecule has 0 aliphatic heterocycles. The molecular weight excluding hydrogens is 1070 g/mol. The van der Waals surface area contributed by atoms with Crippen LogP contribution in [0.2, 0.25) is 0 Å². The molecule has 3 N–H and O–H groups in total. The second kappa shape index (κ2) is 38.7. The highest BCUT2D eigenvalue weighted by Crippen LogP contribution is 2.32. The van der Waals surface area contributed by atoms with E-state index >= 15 is 0 Å². The Morgan fingerprint density at radius 2 is 0.582 bits per heavy atom. The molecule has 4 aromatic carbocycles. The Bertz CT molecular complexity index is 2460. The summed E-state index contributed by atoms with van der Waals surface area (Å²) in [5, 5.41) is 27.1. The second-order valence-electron chi connectivity index (χ2n) is 15.0. The number of hydrogen-bond donors (Lipinski definition) is 3. The summed E-state index contributed by atoms with van der Waals surface area (Å²) < 4.78 is 52.1. The maximum absolute atomic E-state index is 11.6. The normalized spacial score (nSPS) is 11.5. The molecular formula is C57H60O20S2. The topological polar surface area (TPSA) is 272 Å². The van der Waals surface area contributed by atoms with Crippen LogP contribution in [-0.2, 0) is 62.0 Å². The van der Waals surface area contributed by atoms with Crippen LogP contribution in [0.1, 0.15) is 0 Å². The minimum atomic E-state index is -0.981. The first-order valence-corrected chi connectivity index (χ1v) is 24.9. The molecule has 0 amide bonds. The fourth-order valence-corrected chi connectivity index (χ4v) is 6.78. The van der Waals surface area contributed by atoms with Gasteiger partial charge in [0.25, 0.3) is 0 Å². The number of ether oxygens (including phenoxy) is 10. The van der Waals surface area contributed by atoms with Gasteiger partial charge in [-0.3, -0.25) is 0 Å². The summed E-state index contributed by atoms with van der Waals surface area (Å²) >= 11 is 3.04. The van der Waals surface area contributed by atoms with E-state index in [2.05, 4.69) is 46.1 Å². The third-order valence-electron chi connectivity index (χ3n) is 8.92. The molecule has 0 aliphatic rings. The fraction of sp³-hybridized carbons (Fsp3) is 0.211. The van der Waals surface area contributed by atoms with Crippen molar-refractivity contribution in [2.24, 2.45) is 0 Å². The summed E-state index contributed by atoms with van der Waals surface area (Å²) in [6.45, 7) is 22.0. The van der Waals surface area contributed by atoms with Crippen LogP contribution in [-0.4, -0.2) is 134 Å². The van der Waals surface area contributed by atoms with Crippen molar-refractivity contribution in [3.8, 4) is 23.0 Å². The van der Waals surface area contributed by atoms with Crippen LogP contribution < -0.4 is 18.9 Å². The first-order chi connectivity index (χ1) is 37.9. The standard InChI is InChI=1S/C30H30O10S.C24H26O8S.C3H4O2/c1-5-27(31)37-19-23(39-29(33)7-3)17-35-21-9-13-25(14-10-21)41-26-15-11-22(12-16-26)36-18-24(40-30(34)8-4)20-38-28(32)6-2;1-3-23(27)31-15-17(25)13-29-19-5-9-21(10-6-19)33-22-11-7-20(8-12-22)30-14-18(26)16-32-24(28)4-2;1-2-3(4)5/h5-16,23-24H,1-4,17-20H2;3-12,17-18,25-26H,1-2,13-16H2;2H,1H2,(H,4,5). The maximum Gasteiger partial charge on any atom is 0.330 e. The van der Waals surface area contributed by atoms with Gasteiger partial charge in [0.05, 0.1) is 0 Å². The number of carbonyl (C=O) groups is 7. The summed E-state index contributed by atoms with van der Waals surface area (Å²) in [5.41, 5.74) is 0. The largest absolute Gasteiger partial charge is 0.491 e. The molecule has 0 aliphatic carbocycles. The average Bonchev–Trinajstić information content (AvgIpc) is 3.47. The molecule has 0 bridgehead atoms. The number of benzene rings is 4. The molecule has 0 heterocycles. The second-order valence-corrected chi connectivity index (χ2v) is 17.3. The van der Waals surface area contributed by atoms with Crippen LogP contribution in [0.4, 0.5) is 0 Å². The monoisotopic (exact) mass is 1130 g/mol. The lowest BCUT2D eigenvalue weighted by Gasteiger charge is -2.18. The highest BCUT2D eigenvalue weighted by atomic mass is 32.2. The first-order valence-electron chi connectivity index (χ1n) is 23.2. The van der Waals surface area contributed by atoms with Gasteiger partial charge < -0.3 is 62.7 Å². The van der Waals surface area contributed by atoms with Gasteiger partial charge in [0.15, 0.2) is 12.2 Å². The molecule has 0 saturated carbocycles. The van der Waals surface area contributed by atoms with E-state index in [4.69, 9.17) is 52.5 Å². The first kappa shape index (κ1) is 66.3. The smallest absolute Gasteiger partial charge is 0.330 e. The number of esters is 6. The lowest BCUT2D eigenvalue weighted by molar-refractivity contribution is -0.154. The van der Waals surface area contributed by atoms with Crippen molar-refractivity contribution in [1.29, 1.82) is 0 Å². The highest BCUT2D eigenvalue weighted by molar-refractivity contribution is 7.99. The average molecular weight is 1130 g/mol. The molecule has 22 heteroatoms. The van der Waals surface area contributed by atoms with E-state index in [1.165, 1.54) is 23.5 Å². The summed E-state index contributed by atoms with van der Waals surface area (Å²) in [7, 11) is 0. The Hall–Kier alpha value is -8.83. The van der Waals surface area contributed by atoms with Crippen LogP contribution in [0, 0.1) is 0 Å². The van der Waals surface area contributed by atoms with E-state index < -0.39 is 66.2 Å². The van der Waals surface area contributed by atoms with Crippen LogP contribution in [0.5, 0.6) is 23.0 Å². The van der Waals surface area contributed by atoms with Crippen molar-refractivity contribution in [2.75, 3.05) is 52.9 Å². The van der Waals surface area contributed by atoms with Gasteiger partial charge in [-0.05, 0) is 97.1 Å². The number of carboxylic acids is 1. The summed E-state index contributed by atoms with van der Waals surface area (Å²) in [6.07, 6.45) is 3.40. The third-order valence-corrected chi connectivity index (χ3v) is 11.0. The van der Waals surface area contributed by atoms with E-state index in [0.29, 0.717) is 23.0 Å². The Kier molecular flexibility index (Phi) is 32.4. The Morgan fingerprint density at radius 3 is 0.810 bits per heavy atom. The Labute approximate surface area is 465 Å². The van der Waals surface area contributed by atoms with Gasteiger partial charge in [0.2, 0.25) is 0 Å². The third kappa shape index (κ3) is 30.5.